The largest absolute Gasteiger partial charge is 0.504 e. The third-order valence-electron chi connectivity index (χ3n) is 8.93. The summed E-state index contributed by atoms with van der Waals surface area (Å²) in [4.78, 5) is 18.1. The van der Waals surface area contributed by atoms with Crippen molar-refractivity contribution in [2.24, 2.45) is 0 Å². The molecule has 0 atom stereocenters. The maximum atomic E-state index is 15.0. The predicted molar refractivity (Wildman–Crippen MR) is 195 cm³/mol. The smallest absolute Gasteiger partial charge is 0.267 e. The maximum Gasteiger partial charge on any atom is 0.267 e. The van der Waals surface area contributed by atoms with E-state index >= 15 is 4.39 Å². The van der Waals surface area contributed by atoms with Crippen molar-refractivity contribution in [1.29, 1.82) is 10.5 Å². The van der Waals surface area contributed by atoms with Crippen molar-refractivity contribution < 1.29 is 29.3 Å². The zero-order valence-electron chi connectivity index (χ0n) is 29.4. The van der Waals surface area contributed by atoms with E-state index in [4.69, 9.17) is 14.9 Å². The summed E-state index contributed by atoms with van der Waals surface area (Å²) >= 11 is 0. The van der Waals surface area contributed by atoms with Crippen LogP contribution in [0.15, 0.2) is 72.9 Å². The summed E-state index contributed by atoms with van der Waals surface area (Å²) in [7, 11) is 0. The fourth-order valence-electron chi connectivity index (χ4n) is 6.24. The van der Waals surface area contributed by atoms with Gasteiger partial charge in [-0.25, -0.2) is 14.9 Å². The number of aromatic hydroxyl groups is 1. The SMILES string of the molecule is CC(C)(O)COc1ccc(-c2cnc(N3CCC(NC(C)(C)c4ccc(/C=C/C(=O)NO)cc4)CC3)c(C#N)c2-c2ccc(C#N)c(F)c2)cc1O. The molecule has 1 saturated heterocycles. The second kappa shape index (κ2) is 15.6. The minimum Gasteiger partial charge on any atom is -0.504 e. The Morgan fingerprint density at radius 1 is 1.04 bits per heavy atom. The molecule has 1 aliphatic rings. The molecule has 3 aromatic carbocycles. The number of phenols is 1. The van der Waals surface area contributed by atoms with Gasteiger partial charge in [0.15, 0.2) is 11.5 Å². The summed E-state index contributed by atoms with van der Waals surface area (Å²) < 4.78 is 20.6. The molecule has 0 radical (unpaired) electrons. The third kappa shape index (κ3) is 8.74. The Labute approximate surface area is 302 Å². The number of carbonyl (C=O) groups excluding carboxylic acids is 1. The van der Waals surface area contributed by atoms with Crippen LogP contribution < -0.4 is 20.4 Å². The molecule has 1 aliphatic heterocycles. The summed E-state index contributed by atoms with van der Waals surface area (Å²) in [5.41, 5.74) is 3.85. The lowest BCUT2D eigenvalue weighted by atomic mass is 9.90. The molecule has 2 heterocycles. The Morgan fingerprint density at radius 3 is 2.33 bits per heavy atom. The standard InChI is InChI=1S/C40H41FN6O5/c1-39(2,50)24-52-35-13-10-26(20-34(35)48)32-23-44-38(31(22-43)37(32)27-8-9-28(21-42)33(41)19-27)47-17-15-30(16-18-47)45-40(3,4)29-11-5-25(6-12-29)7-14-36(49)46-51/h5-14,19-20,23,30,45,48,50-51H,15-18,24H2,1-4H3,(H,46,49)/b14-7+. The number of hydrogen-bond donors (Lipinski definition) is 5. The van der Waals surface area contributed by atoms with Crippen molar-refractivity contribution in [2.45, 2.75) is 57.7 Å². The van der Waals surface area contributed by atoms with E-state index in [2.05, 4.69) is 25.2 Å². The number of pyridine rings is 1. The van der Waals surface area contributed by atoms with E-state index in [0.29, 0.717) is 41.2 Å². The van der Waals surface area contributed by atoms with Crippen molar-refractivity contribution >= 4 is 17.8 Å². The molecular formula is C40H41FN6O5. The number of amides is 1. The van der Waals surface area contributed by atoms with Gasteiger partial charge in [-0.05, 0) is 93.1 Å². The van der Waals surface area contributed by atoms with Gasteiger partial charge in [-0.1, -0.05) is 36.4 Å². The highest BCUT2D eigenvalue weighted by Gasteiger charge is 2.30. The van der Waals surface area contributed by atoms with Crippen LogP contribution in [-0.2, 0) is 10.3 Å². The number of rotatable bonds is 11. The lowest BCUT2D eigenvalue weighted by Gasteiger charge is -2.38. The lowest BCUT2D eigenvalue weighted by molar-refractivity contribution is -0.124. The molecule has 5 rings (SSSR count). The van der Waals surface area contributed by atoms with Crippen molar-refractivity contribution in [1.82, 2.24) is 15.8 Å². The number of nitrogens with one attached hydrogen (secondary N) is 2. The van der Waals surface area contributed by atoms with Gasteiger partial charge in [-0.2, -0.15) is 10.5 Å². The first kappa shape index (κ1) is 37.5. The van der Waals surface area contributed by atoms with Gasteiger partial charge in [-0.3, -0.25) is 10.0 Å². The molecule has 11 nitrogen and oxygen atoms in total. The molecule has 268 valence electrons. The molecular weight excluding hydrogens is 663 g/mol. The Kier molecular flexibility index (Phi) is 11.3. The number of phenolic OH excluding ortho intramolecular Hbond substituents is 1. The first-order chi connectivity index (χ1) is 24.7. The number of nitrogens with zero attached hydrogens (tertiary/aromatic N) is 4. The van der Waals surface area contributed by atoms with Gasteiger partial charge in [0.1, 0.15) is 35.9 Å². The highest BCUT2D eigenvalue weighted by atomic mass is 19.1. The molecule has 52 heavy (non-hydrogen) atoms. The predicted octanol–water partition coefficient (Wildman–Crippen LogP) is 6.17. The van der Waals surface area contributed by atoms with Crippen molar-refractivity contribution in [2.75, 3.05) is 24.6 Å². The highest BCUT2D eigenvalue weighted by molar-refractivity contribution is 5.91. The molecule has 1 amide bonds. The molecule has 0 unspecified atom stereocenters. The second-order valence-electron chi connectivity index (χ2n) is 13.9. The Bertz CT molecular complexity index is 2050. The molecule has 0 aliphatic carbocycles. The summed E-state index contributed by atoms with van der Waals surface area (Å²) in [6.45, 7) is 8.53. The number of aliphatic hydroxyl groups is 1. The normalized spacial score (nSPS) is 13.8. The topological polar surface area (TPSA) is 175 Å². The first-order valence-electron chi connectivity index (χ1n) is 16.8. The van der Waals surface area contributed by atoms with Crippen LogP contribution in [0, 0.1) is 28.5 Å². The summed E-state index contributed by atoms with van der Waals surface area (Å²) in [5, 5.41) is 53.3. The van der Waals surface area contributed by atoms with Gasteiger partial charge < -0.3 is 25.2 Å². The number of ether oxygens (including phenoxy) is 1. The zero-order chi connectivity index (χ0) is 37.6. The number of halogens is 1. The summed E-state index contributed by atoms with van der Waals surface area (Å²) in [6.07, 6.45) is 5.99. The van der Waals surface area contributed by atoms with Crippen LogP contribution in [0.5, 0.6) is 11.5 Å². The van der Waals surface area contributed by atoms with Gasteiger partial charge >= 0.3 is 0 Å². The van der Waals surface area contributed by atoms with E-state index < -0.39 is 17.3 Å². The average Bonchev–Trinajstić information content (AvgIpc) is 3.12. The van der Waals surface area contributed by atoms with Gasteiger partial charge in [0.05, 0.1) is 11.2 Å². The fraction of sp³-hybridized carbons (Fsp3) is 0.300. The number of piperidine rings is 1. The van der Waals surface area contributed by atoms with Crippen molar-refractivity contribution in [3.8, 4) is 45.9 Å². The Hall–Kier alpha value is -5.79. The number of hydrogen-bond acceptors (Lipinski definition) is 10. The number of aromatic nitrogens is 1. The van der Waals surface area contributed by atoms with Crippen LogP contribution in [-0.4, -0.2) is 57.7 Å². The number of nitriles is 2. The number of carbonyl (C=O) groups is 1. The molecule has 1 aromatic heterocycles. The van der Waals surface area contributed by atoms with Crippen LogP contribution in [0.2, 0.25) is 0 Å². The molecule has 0 spiro atoms. The number of benzene rings is 3. The minimum absolute atomic E-state index is 0.0474. The van der Waals surface area contributed by atoms with Crippen LogP contribution in [0.1, 0.15) is 62.8 Å². The molecule has 0 saturated carbocycles. The maximum absolute atomic E-state index is 15.0. The van der Waals surface area contributed by atoms with Crippen LogP contribution in [0.4, 0.5) is 10.2 Å². The van der Waals surface area contributed by atoms with E-state index in [-0.39, 0.29) is 40.8 Å². The van der Waals surface area contributed by atoms with Crippen LogP contribution >= 0.6 is 0 Å². The van der Waals surface area contributed by atoms with Gasteiger partial charge in [0.25, 0.3) is 5.91 Å². The fourth-order valence-corrected chi connectivity index (χ4v) is 6.24. The minimum atomic E-state index is -1.12. The monoisotopic (exact) mass is 704 g/mol. The molecule has 0 bridgehead atoms. The van der Waals surface area contributed by atoms with E-state index in [9.17, 15) is 25.5 Å². The molecule has 5 N–H and O–H groups in total. The number of hydroxylamine groups is 1. The van der Waals surface area contributed by atoms with E-state index in [1.54, 1.807) is 49.8 Å². The van der Waals surface area contributed by atoms with E-state index in [1.807, 2.05) is 35.2 Å². The molecule has 4 aromatic rings. The van der Waals surface area contributed by atoms with Crippen LogP contribution in [0.25, 0.3) is 28.3 Å². The Morgan fingerprint density at radius 2 is 1.73 bits per heavy atom. The Balaban J connectivity index is 1.41. The molecule has 1 fully saturated rings. The van der Waals surface area contributed by atoms with E-state index in [1.165, 1.54) is 24.3 Å². The van der Waals surface area contributed by atoms with Gasteiger partial charge in [0.2, 0.25) is 0 Å². The third-order valence-corrected chi connectivity index (χ3v) is 8.93. The first-order valence-corrected chi connectivity index (χ1v) is 16.8. The van der Waals surface area contributed by atoms with Gasteiger partial charge in [0, 0.05) is 48.1 Å². The quantitative estimate of drug-likeness (QED) is 0.0691. The summed E-state index contributed by atoms with van der Waals surface area (Å²) in [6, 6.07) is 21.0. The second-order valence-corrected chi connectivity index (χ2v) is 13.9. The number of anilines is 1. The summed E-state index contributed by atoms with van der Waals surface area (Å²) in [5.74, 6) is -0.887. The highest BCUT2D eigenvalue weighted by Crippen LogP contribution is 2.41. The lowest BCUT2D eigenvalue weighted by Crippen LogP contribution is -2.49. The average molecular weight is 705 g/mol. The van der Waals surface area contributed by atoms with Gasteiger partial charge in [-0.15, -0.1) is 0 Å². The molecule has 12 heteroatoms. The van der Waals surface area contributed by atoms with Crippen molar-refractivity contribution in [3.63, 3.8) is 0 Å². The zero-order valence-corrected chi connectivity index (χ0v) is 29.4. The van der Waals surface area contributed by atoms with Crippen molar-refractivity contribution in [3.05, 3.63) is 101 Å². The van der Waals surface area contributed by atoms with Crippen LogP contribution in [0.3, 0.4) is 0 Å². The van der Waals surface area contributed by atoms with E-state index in [0.717, 1.165) is 24.0 Å².